The maximum atomic E-state index is 5.61. The number of nitrogens with zero attached hydrogens (tertiary/aromatic N) is 1. The lowest BCUT2D eigenvalue weighted by atomic mass is 9.79. The lowest BCUT2D eigenvalue weighted by Crippen LogP contribution is -2.51. The molecule has 0 saturated carbocycles. The summed E-state index contributed by atoms with van der Waals surface area (Å²) in [5.41, 5.74) is 0.598. The molecule has 0 amide bonds. The molecule has 1 aliphatic heterocycles. The van der Waals surface area contributed by atoms with E-state index in [1.807, 2.05) is 0 Å². The van der Waals surface area contributed by atoms with Crippen molar-refractivity contribution in [1.82, 2.24) is 10.2 Å². The summed E-state index contributed by atoms with van der Waals surface area (Å²) < 4.78 is 5.61. The molecule has 0 aromatic rings. The van der Waals surface area contributed by atoms with Crippen LogP contribution in [0, 0.1) is 5.41 Å². The van der Waals surface area contributed by atoms with Crippen molar-refractivity contribution in [3.05, 3.63) is 0 Å². The molecule has 0 spiro atoms. The van der Waals surface area contributed by atoms with Gasteiger partial charge in [0.05, 0.1) is 0 Å². The van der Waals surface area contributed by atoms with Gasteiger partial charge in [-0.3, -0.25) is 0 Å². The Labute approximate surface area is 126 Å². The quantitative estimate of drug-likeness (QED) is 0.740. The highest BCUT2D eigenvalue weighted by molar-refractivity contribution is 4.89. The van der Waals surface area contributed by atoms with E-state index < -0.39 is 0 Å². The van der Waals surface area contributed by atoms with Crippen molar-refractivity contribution in [3.63, 3.8) is 0 Å². The van der Waals surface area contributed by atoms with Crippen molar-refractivity contribution >= 4 is 0 Å². The Kier molecular flexibility index (Phi) is 7.49. The van der Waals surface area contributed by atoms with Gasteiger partial charge in [-0.15, -0.1) is 0 Å². The fourth-order valence-electron chi connectivity index (χ4n) is 2.85. The minimum absolute atomic E-state index is 0.200. The van der Waals surface area contributed by atoms with Gasteiger partial charge >= 0.3 is 0 Å². The van der Waals surface area contributed by atoms with Gasteiger partial charge in [0, 0.05) is 31.8 Å². The van der Waals surface area contributed by atoms with E-state index in [2.05, 4.69) is 44.8 Å². The minimum atomic E-state index is 0.200. The van der Waals surface area contributed by atoms with Crippen molar-refractivity contribution in [1.29, 1.82) is 0 Å². The molecular formula is C17H36N2O. The zero-order valence-corrected chi connectivity index (χ0v) is 14.4. The van der Waals surface area contributed by atoms with Gasteiger partial charge in [-0.25, -0.2) is 0 Å². The van der Waals surface area contributed by atoms with Gasteiger partial charge in [-0.2, -0.15) is 0 Å². The highest BCUT2D eigenvalue weighted by Gasteiger charge is 2.34. The summed E-state index contributed by atoms with van der Waals surface area (Å²) in [5, 5.41) is 3.74. The molecule has 0 unspecified atom stereocenters. The number of rotatable bonds is 8. The first-order chi connectivity index (χ1) is 9.41. The van der Waals surface area contributed by atoms with E-state index in [1.54, 1.807) is 0 Å². The highest BCUT2D eigenvalue weighted by atomic mass is 16.5. The van der Waals surface area contributed by atoms with Gasteiger partial charge in [0.2, 0.25) is 0 Å². The van der Waals surface area contributed by atoms with Crippen LogP contribution in [0.4, 0.5) is 0 Å². The molecule has 1 rings (SSSR count). The van der Waals surface area contributed by atoms with Gasteiger partial charge in [-0.1, -0.05) is 20.3 Å². The lowest BCUT2D eigenvalue weighted by Gasteiger charge is -2.42. The van der Waals surface area contributed by atoms with Gasteiger partial charge < -0.3 is 15.0 Å². The average molecular weight is 284 g/mol. The summed E-state index contributed by atoms with van der Waals surface area (Å²) in [7, 11) is 0. The van der Waals surface area contributed by atoms with E-state index in [0.29, 0.717) is 5.41 Å². The second-order valence-corrected chi connectivity index (χ2v) is 7.44. The van der Waals surface area contributed by atoms with Crippen molar-refractivity contribution in [3.8, 4) is 0 Å². The normalized spacial score (nSPS) is 19.5. The molecule has 1 saturated heterocycles. The summed E-state index contributed by atoms with van der Waals surface area (Å²) in [4.78, 5) is 2.64. The second-order valence-electron chi connectivity index (χ2n) is 7.44. The maximum absolute atomic E-state index is 5.61. The van der Waals surface area contributed by atoms with Crippen LogP contribution < -0.4 is 5.32 Å². The second kappa shape index (κ2) is 8.35. The zero-order valence-electron chi connectivity index (χ0n) is 14.4. The zero-order chi connectivity index (χ0) is 15.1. The average Bonchev–Trinajstić information content (AvgIpc) is 2.42. The highest BCUT2D eigenvalue weighted by Crippen LogP contribution is 2.31. The van der Waals surface area contributed by atoms with Gasteiger partial charge in [0.15, 0.2) is 0 Å². The summed E-state index contributed by atoms with van der Waals surface area (Å²) in [6.45, 7) is 17.9. The first kappa shape index (κ1) is 17.9. The molecule has 1 aliphatic rings. The number of hydrogen-bond acceptors (Lipinski definition) is 3. The van der Waals surface area contributed by atoms with E-state index in [0.717, 1.165) is 26.3 Å². The van der Waals surface area contributed by atoms with Crippen molar-refractivity contribution in [2.24, 2.45) is 5.41 Å². The van der Waals surface area contributed by atoms with Crippen LogP contribution >= 0.6 is 0 Å². The largest absolute Gasteiger partial charge is 0.381 e. The molecule has 0 aliphatic carbocycles. The van der Waals surface area contributed by atoms with Crippen LogP contribution in [0.2, 0.25) is 0 Å². The van der Waals surface area contributed by atoms with Crippen molar-refractivity contribution in [2.75, 3.05) is 39.4 Å². The molecule has 0 bridgehead atoms. The SMILES string of the molecule is CCCCN(CC)CC1(CNC(C)(C)C)CCOCC1. The Balaban J connectivity index is 2.61. The van der Waals surface area contributed by atoms with Crippen molar-refractivity contribution in [2.45, 2.75) is 65.8 Å². The van der Waals surface area contributed by atoms with E-state index in [-0.39, 0.29) is 5.54 Å². The van der Waals surface area contributed by atoms with Gasteiger partial charge in [-0.05, 0) is 58.5 Å². The molecule has 3 heteroatoms. The summed E-state index contributed by atoms with van der Waals surface area (Å²) >= 11 is 0. The molecule has 0 aromatic heterocycles. The first-order valence-electron chi connectivity index (χ1n) is 8.46. The van der Waals surface area contributed by atoms with Crippen molar-refractivity contribution < 1.29 is 4.74 Å². The van der Waals surface area contributed by atoms with E-state index >= 15 is 0 Å². The molecule has 3 nitrogen and oxygen atoms in total. The Hall–Kier alpha value is -0.120. The predicted molar refractivity (Wildman–Crippen MR) is 87.3 cm³/mol. The number of ether oxygens (including phenoxy) is 1. The van der Waals surface area contributed by atoms with Crippen LogP contribution in [0.5, 0.6) is 0 Å². The summed E-state index contributed by atoms with van der Waals surface area (Å²) in [6.07, 6.45) is 4.98. The van der Waals surface area contributed by atoms with Crippen LogP contribution in [-0.2, 0) is 4.74 Å². The molecular weight excluding hydrogens is 248 g/mol. The molecule has 0 aromatic carbocycles. The number of nitrogens with one attached hydrogen (secondary N) is 1. The topological polar surface area (TPSA) is 24.5 Å². The third-order valence-corrected chi connectivity index (χ3v) is 4.38. The first-order valence-corrected chi connectivity index (χ1v) is 8.46. The molecule has 120 valence electrons. The molecule has 1 heterocycles. The van der Waals surface area contributed by atoms with Crippen LogP contribution in [-0.4, -0.2) is 49.8 Å². The lowest BCUT2D eigenvalue weighted by molar-refractivity contribution is -0.00654. The minimum Gasteiger partial charge on any atom is -0.381 e. The Bertz CT molecular complexity index is 254. The molecule has 20 heavy (non-hydrogen) atoms. The Morgan fingerprint density at radius 3 is 2.30 bits per heavy atom. The number of hydrogen-bond donors (Lipinski definition) is 1. The molecule has 1 N–H and O–H groups in total. The van der Waals surface area contributed by atoms with E-state index in [9.17, 15) is 0 Å². The molecule has 1 fully saturated rings. The van der Waals surface area contributed by atoms with Crippen LogP contribution in [0.3, 0.4) is 0 Å². The monoisotopic (exact) mass is 284 g/mol. The Morgan fingerprint density at radius 1 is 1.15 bits per heavy atom. The molecule has 0 radical (unpaired) electrons. The number of unbranched alkanes of at least 4 members (excludes halogenated alkanes) is 1. The van der Waals surface area contributed by atoms with Crippen LogP contribution in [0.1, 0.15) is 60.3 Å². The fourth-order valence-corrected chi connectivity index (χ4v) is 2.85. The Morgan fingerprint density at radius 2 is 1.80 bits per heavy atom. The van der Waals surface area contributed by atoms with Crippen LogP contribution in [0.25, 0.3) is 0 Å². The van der Waals surface area contributed by atoms with Gasteiger partial charge in [0.1, 0.15) is 0 Å². The predicted octanol–water partition coefficient (Wildman–Crippen LogP) is 3.29. The third kappa shape index (κ3) is 6.55. The molecule has 0 atom stereocenters. The summed E-state index contributed by atoms with van der Waals surface area (Å²) in [5.74, 6) is 0. The summed E-state index contributed by atoms with van der Waals surface area (Å²) in [6, 6.07) is 0. The van der Waals surface area contributed by atoms with Gasteiger partial charge in [0.25, 0.3) is 0 Å². The van der Waals surface area contributed by atoms with Crippen LogP contribution in [0.15, 0.2) is 0 Å². The standard InChI is InChI=1S/C17H36N2O/c1-6-8-11-19(7-2)15-17(9-12-20-13-10-17)14-18-16(3,4)5/h18H,6-15H2,1-5H3. The van der Waals surface area contributed by atoms with E-state index in [4.69, 9.17) is 4.74 Å². The van der Waals surface area contributed by atoms with E-state index in [1.165, 1.54) is 38.8 Å². The smallest absolute Gasteiger partial charge is 0.0472 e. The maximum Gasteiger partial charge on any atom is 0.0472 e. The third-order valence-electron chi connectivity index (χ3n) is 4.38. The fraction of sp³-hybridized carbons (Fsp3) is 1.00.